The second-order valence-corrected chi connectivity index (χ2v) is 3.45. The van der Waals surface area contributed by atoms with Gasteiger partial charge in [-0.3, -0.25) is 14.2 Å². The Kier molecular flexibility index (Phi) is 2.40. The molecule has 0 aromatic carbocycles. The van der Waals surface area contributed by atoms with Crippen LogP contribution in [0.25, 0.3) is 0 Å². The van der Waals surface area contributed by atoms with E-state index in [1.807, 2.05) is 0 Å². The van der Waals surface area contributed by atoms with Crippen molar-refractivity contribution in [3.63, 3.8) is 0 Å². The molecule has 0 aliphatic carbocycles. The molecule has 0 spiro atoms. The van der Waals surface area contributed by atoms with E-state index >= 15 is 0 Å². The number of carbonyl (C=O) groups is 2. The van der Waals surface area contributed by atoms with Crippen molar-refractivity contribution < 1.29 is 9.59 Å². The van der Waals surface area contributed by atoms with Crippen molar-refractivity contribution in [3.05, 3.63) is 35.9 Å². The van der Waals surface area contributed by atoms with Crippen LogP contribution in [-0.2, 0) is 0 Å². The fourth-order valence-corrected chi connectivity index (χ4v) is 1.28. The van der Waals surface area contributed by atoms with Crippen LogP contribution in [0.5, 0.6) is 0 Å². The molecule has 6 heteroatoms. The summed E-state index contributed by atoms with van der Waals surface area (Å²) >= 11 is 0. The quantitative estimate of drug-likeness (QED) is 0.595. The molecule has 0 amide bonds. The SMILES string of the molecule is Cc1cn(C(=O)C(=O)c2nc(C)c[nH]2)cn1. The molecule has 0 radical (unpaired) electrons. The molecule has 2 rings (SSSR count). The third-order valence-electron chi connectivity index (χ3n) is 2.06. The number of Topliss-reactive ketones (excluding diaryl/α,β-unsaturated/α-hetero) is 1. The summed E-state index contributed by atoms with van der Waals surface area (Å²) in [6.07, 6.45) is 4.38. The normalized spacial score (nSPS) is 10.4. The van der Waals surface area contributed by atoms with E-state index in [0.29, 0.717) is 11.4 Å². The maximum atomic E-state index is 11.7. The predicted molar refractivity (Wildman–Crippen MR) is 55.2 cm³/mol. The first kappa shape index (κ1) is 10.3. The zero-order valence-corrected chi connectivity index (χ0v) is 8.89. The van der Waals surface area contributed by atoms with Gasteiger partial charge in [0.1, 0.15) is 6.33 Å². The molecule has 0 aliphatic heterocycles. The molecule has 2 aromatic rings. The van der Waals surface area contributed by atoms with E-state index in [-0.39, 0.29) is 5.82 Å². The van der Waals surface area contributed by atoms with Crippen molar-refractivity contribution in [2.24, 2.45) is 0 Å². The maximum absolute atomic E-state index is 11.7. The highest BCUT2D eigenvalue weighted by atomic mass is 16.2. The molecule has 0 fully saturated rings. The van der Waals surface area contributed by atoms with Crippen LogP contribution in [0.15, 0.2) is 18.7 Å². The van der Waals surface area contributed by atoms with Gasteiger partial charge in [0.15, 0.2) is 5.82 Å². The number of nitrogens with one attached hydrogen (secondary N) is 1. The number of carbonyl (C=O) groups excluding carboxylic acids is 2. The topological polar surface area (TPSA) is 80.6 Å². The molecule has 2 aromatic heterocycles. The van der Waals surface area contributed by atoms with Crippen molar-refractivity contribution in [1.82, 2.24) is 19.5 Å². The summed E-state index contributed by atoms with van der Waals surface area (Å²) in [5.74, 6) is -1.30. The zero-order chi connectivity index (χ0) is 11.7. The molecular formula is C10H10N4O2. The fourth-order valence-electron chi connectivity index (χ4n) is 1.28. The summed E-state index contributed by atoms with van der Waals surface area (Å²) in [4.78, 5) is 33.8. The van der Waals surface area contributed by atoms with Crippen molar-refractivity contribution in [3.8, 4) is 0 Å². The van der Waals surface area contributed by atoms with Crippen LogP contribution >= 0.6 is 0 Å². The minimum atomic E-state index is -0.675. The first-order valence-electron chi connectivity index (χ1n) is 4.69. The Bertz CT molecular complexity index is 502. The summed E-state index contributed by atoms with van der Waals surface area (Å²) in [6, 6.07) is 0. The van der Waals surface area contributed by atoms with Gasteiger partial charge in [0.05, 0.1) is 11.4 Å². The van der Waals surface area contributed by atoms with Crippen LogP contribution in [0.2, 0.25) is 0 Å². The van der Waals surface area contributed by atoms with E-state index < -0.39 is 11.7 Å². The van der Waals surface area contributed by atoms with E-state index in [9.17, 15) is 9.59 Å². The number of aromatic amines is 1. The molecule has 1 N–H and O–H groups in total. The van der Waals surface area contributed by atoms with Gasteiger partial charge in [0.25, 0.3) is 5.78 Å². The Morgan fingerprint density at radius 3 is 2.56 bits per heavy atom. The minimum absolute atomic E-state index is 0.0499. The van der Waals surface area contributed by atoms with Crippen LogP contribution in [0.4, 0.5) is 0 Å². The number of aromatic nitrogens is 4. The van der Waals surface area contributed by atoms with Crippen molar-refractivity contribution in [2.75, 3.05) is 0 Å². The molecule has 6 nitrogen and oxygen atoms in total. The fraction of sp³-hybridized carbons (Fsp3) is 0.200. The molecule has 0 aliphatic rings. The van der Waals surface area contributed by atoms with Gasteiger partial charge in [0.2, 0.25) is 0 Å². The Hall–Kier alpha value is -2.24. The highest BCUT2D eigenvalue weighted by molar-refractivity contribution is 6.42. The molecular weight excluding hydrogens is 208 g/mol. The van der Waals surface area contributed by atoms with E-state index in [2.05, 4.69) is 15.0 Å². The summed E-state index contributed by atoms with van der Waals surface area (Å²) in [5, 5.41) is 0. The lowest BCUT2D eigenvalue weighted by Crippen LogP contribution is -2.21. The average molecular weight is 218 g/mol. The second kappa shape index (κ2) is 3.73. The molecule has 0 atom stereocenters. The Balaban J connectivity index is 2.26. The number of hydrogen-bond acceptors (Lipinski definition) is 4. The predicted octanol–water partition coefficient (Wildman–Crippen LogP) is 0.746. The van der Waals surface area contributed by atoms with Crippen LogP contribution < -0.4 is 0 Å². The third-order valence-corrected chi connectivity index (χ3v) is 2.06. The van der Waals surface area contributed by atoms with Crippen LogP contribution in [-0.4, -0.2) is 31.2 Å². The number of ketones is 1. The summed E-state index contributed by atoms with van der Waals surface area (Å²) in [5.41, 5.74) is 1.34. The molecule has 0 unspecified atom stereocenters. The van der Waals surface area contributed by atoms with Crippen LogP contribution in [0, 0.1) is 13.8 Å². The average Bonchev–Trinajstić information content (AvgIpc) is 2.85. The number of rotatable bonds is 2. The van der Waals surface area contributed by atoms with Crippen molar-refractivity contribution in [2.45, 2.75) is 13.8 Å². The number of aryl methyl sites for hydroxylation is 2. The van der Waals surface area contributed by atoms with Gasteiger partial charge in [0, 0.05) is 12.4 Å². The smallest absolute Gasteiger partial charge is 0.307 e. The van der Waals surface area contributed by atoms with Gasteiger partial charge in [-0.05, 0) is 13.8 Å². The van der Waals surface area contributed by atoms with Gasteiger partial charge in [-0.2, -0.15) is 0 Å². The van der Waals surface area contributed by atoms with Crippen LogP contribution in [0.3, 0.4) is 0 Å². The molecule has 0 saturated heterocycles. The Morgan fingerprint density at radius 1 is 1.31 bits per heavy atom. The highest BCUT2D eigenvalue weighted by Gasteiger charge is 2.20. The van der Waals surface area contributed by atoms with Gasteiger partial charge in [-0.1, -0.05) is 0 Å². The van der Waals surface area contributed by atoms with E-state index in [4.69, 9.17) is 0 Å². The van der Waals surface area contributed by atoms with Crippen LogP contribution in [0.1, 0.15) is 26.8 Å². The highest BCUT2D eigenvalue weighted by Crippen LogP contribution is 2.00. The minimum Gasteiger partial charge on any atom is -0.341 e. The van der Waals surface area contributed by atoms with Crippen molar-refractivity contribution >= 4 is 11.7 Å². The molecule has 16 heavy (non-hydrogen) atoms. The first-order valence-corrected chi connectivity index (χ1v) is 4.69. The standard InChI is InChI=1S/C10H10N4O2/c1-6-3-11-9(13-6)8(15)10(16)14-4-7(2)12-5-14/h3-5H,1-2H3,(H,11,13). The largest absolute Gasteiger partial charge is 0.341 e. The third kappa shape index (κ3) is 1.77. The molecule has 2 heterocycles. The van der Waals surface area contributed by atoms with Gasteiger partial charge in [-0.15, -0.1) is 0 Å². The van der Waals surface area contributed by atoms with E-state index in [0.717, 1.165) is 4.57 Å². The summed E-state index contributed by atoms with van der Waals surface area (Å²) in [7, 11) is 0. The van der Waals surface area contributed by atoms with Gasteiger partial charge < -0.3 is 4.98 Å². The van der Waals surface area contributed by atoms with E-state index in [1.165, 1.54) is 12.5 Å². The lowest BCUT2D eigenvalue weighted by molar-refractivity contribution is 0.0759. The lowest BCUT2D eigenvalue weighted by Gasteiger charge is -1.96. The van der Waals surface area contributed by atoms with Gasteiger partial charge >= 0.3 is 5.91 Å². The summed E-state index contributed by atoms with van der Waals surface area (Å²) < 4.78 is 1.15. The monoisotopic (exact) mass is 218 g/mol. The number of nitrogens with zero attached hydrogens (tertiary/aromatic N) is 3. The summed E-state index contributed by atoms with van der Waals surface area (Å²) in [6.45, 7) is 3.48. The van der Waals surface area contributed by atoms with E-state index in [1.54, 1.807) is 20.0 Å². The first-order chi connectivity index (χ1) is 7.58. The Morgan fingerprint density at radius 2 is 2.06 bits per heavy atom. The second-order valence-electron chi connectivity index (χ2n) is 3.45. The van der Waals surface area contributed by atoms with Crippen molar-refractivity contribution in [1.29, 1.82) is 0 Å². The number of H-pyrrole nitrogens is 1. The Labute approximate surface area is 91.3 Å². The number of imidazole rings is 2. The molecule has 0 bridgehead atoms. The molecule has 82 valence electrons. The zero-order valence-electron chi connectivity index (χ0n) is 8.89. The molecule has 0 saturated carbocycles. The maximum Gasteiger partial charge on any atom is 0.307 e. The lowest BCUT2D eigenvalue weighted by atomic mass is 10.3. The van der Waals surface area contributed by atoms with Gasteiger partial charge in [-0.25, -0.2) is 9.97 Å². The number of hydrogen-bond donors (Lipinski definition) is 1.